The monoisotopic (exact) mass is 323 g/mol. The van der Waals surface area contributed by atoms with Crippen LogP contribution in [0.25, 0.3) is 11.3 Å². The molecule has 0 spiro atoms. The Balaban J connectivity index is 2.44. The molecule has 1 unspecified atom stereocenters. The fraction of sp³-hybridized carbons (Fsp3) is 0.400. The van der Waals surface area contributed by atoms with Crippen molar-refractivity contribution < 1.29 is 13.5 Å². The summed E-state index contributed by atoms with van der Waals surface area (Å²) in [7, 11) is -0.450. The Morgan fingerprint density at radius 3 is 2.55 bits per heavy atom. The molecular weight excluding hydrogens is 302 g/mol. The van der Waals surface area contributed by atoms with Crippen molar-refractivity contribution in [2.45, 2.75) is 11.8 Å². The first kappa shape index (κ1) is 16.7. The summed E-state index contributed by atoms with van der Waals surface area (Å²) in [5.74, 6) is -0.128. The highest BCUT2D eigenvalue weighted by atomic mass is 32.2. The lowest BCUT2D eigenvalue weighted by Gasteiger charge is -2.19. The molecule has 1 N–H and O–H groups in total. The first-order valence-corrected chi connectivity index (χ1v) is 8.46. The van der Waals surface area contributed by atoms with Crippen LogP contribution >= 0.6 is 0 Å². The molecule has 0 aliphatic rings. The van der Waals surface area contributed by atoms with Crippen LogP contribution < -0.4 is 0 Å². The summed E-state index contributed by atoms with van der Waals surface area (Å²) < 4.78 is 28.3. The third-order valence-electron chi connectivity index (χ3n) is 3.41. The molecule has 7 heteroatoms. The molecule has 6 nitrogen and oxygen atoms in total. The third kappa shape index (κ3) is 3.37. The number of hydrogen-bond donors (Lipinski definition) is 1. The van der Waals surface area contributed by atoms with Crippen LogP contribution in [0, 0.1) is 5.92 Å². The van der Waals surface area contributed by atoms with E-state index < -0.39 is 10.0 Å². The zero-order valence-corrected chi connectivity index (χ0v) is 13.8. The number of aromatic nitrogens is 2. The molecule has 0 radical (unpaired) electrons. The largest absolute Gasteiger partial charge is 0.396 e. The van der Waals surface area contributed by atoms with Gasteiger partial charge in [0.2, 0.25) is 10.0 Å². The van der Waals surface area contributed by atoms with Gasteiger partial charge in [0.15, 0.2) is 0 Å². The second kappa shape index (κ2) is 6.60. The number of rotatable bonds is 6. The molecule has 0 bridgehead atoms. The Morgan fingerprint density at radius 1 is 1.32 bits per heavy atom. The van der Waals surface area contributed by atoms with Gasteiger partial charge in [-0.25, -0.2) is 12.7 Å². The van der Waals surface area contributed by atoms with Crippen LogP contribution in [0.1, 0.15) is 6.92 Å². The van der Waals surface area contributed by atoms with Crippen molar-refractivity contribution in [2.24, 2.45) is 13.0 Å². The van der Waals surface area contributed by atoms with Crippen molar-refractivity contribution in [1.82, 2.24) is 14.1 Å². The van der Waals surface area contributed by atoms with Crippen LogP contribution in [-0.4, -0.2) is 47.8 Å². The van der Waals surface area contributed by atoms with Gasteiger partial charge in [-0.05, 0) is 5.92 Å². The van der Waals surface area contributed by atoms with Gasteiger partial charge in [-0.1, -0.05) is 37.3 Å². The zero-order chi connectivity index (χ0) is 16.3. The highest BCUT2D eigenvalue weighted by molar-refractivity contribution is 7.89. The Morgan fingerprint density at radius 2 is 1.95 bits per heavy atom. The molecule has 1 heterocycles. The van der Waals surface area contributed by atoms with Gasteiger partial charge in [-0.15, -0.1) is 0 Å². The number of hydrogen-bond acceptors (Lipinski definition) is 4. The molecule has 2 rings (SSSR count). The fourth-order valence-electron chi connectivity index (χ4n) is 2.21. The van der Waals surface area contributed by atoms with Gasteiger partial charge < -0.3 is 5.11 Å². The Kier molecular flexibility index (Phi) is 5.00. The number of aliphatic hydroxyl groups excluding tert-OH is 1. The van der Waals surface area contributed by atoms with E-state index in [1.165, 1.54) is 22.2 Å². The van der Waals surface area contributed by atoms with Crippen molar-refractivity contribution >= 4 is 10.0 Å². The summed E-state index contributed by atoms with van der Waals surface area (Å²) in [6.07, 6.45) is 1.51. The number of aryl methyl sites for hydroxylation is 1. The first-order chi connectivity index (χ1) is 10.4. The lowest BCUT2D eigenvalue weighted by molar-refractivity contribution is 0.219. The molecule has 0 fully saturated rings. The predicted molar refractivity (Wildman–Crippen MR) is 84.7 cm³/mol. The fourth-order valence-corrected chi connectivity index (χ4v) is 3.69. The normalized spacial score (nSPS) is 13.5. The minimum Gasteiger partial charge on any atom is -0.396 e. The van der Waals surface area contributed by atoms with Crippen molar-refractivity contribution in [3.63, 3.8) is 0 Å². The molecule has 1 atom stereocenters. The molecule has 0 saturated carbocycles. The molecule has 0 amide bonds. The van der Waals surface area contributed by atoms with Crippen LogP contribution in [0.3, 0.4) is 0 Å². The van der Waals surface area contributed by atoms with E-state index in [0.29, 0.717) is 5.69 Å². The minimum atomic E-state index is -3.66. The van der Waals surface area contributed by atoms with Gasteiger partial charge in [-0.2, -0.15) is 5.10 Å². The molecule has 2 aromatic rings. The average molecular weight is 323 g/mol. The van der Waals surface area contributed by atoms with Gasteiger partial charge in [-0.3, -0.25) is 4.68 Å². The summed E-state index contributed by atoms with van der Waals surface area (Å²) in [5.41, 5.74) is 1.19. The molecule has 0 saturated heterocycles. The second-order valence-corrected chi connectivity index (χ2v) is 7.47. The lowest BCUT2D eigenvalue weighted by Crippen LogP contribution is -2.32. The third-order valence-corrected chi connectivity index (χ3v) is 5.24. The molecule has 1 aromatic carbocycles. The minimum absolute atomic E-state index is 0.0571. The molecule has 0 aliphatic carbocycles. The van der Waals surface area contributed by atoms with Crippen molar-refractivity contribution in [3.8, 4) is 11.3 Å². The van der Waals surface area contributed by atoms with Gasteiger partial charge in [0, 0.05) is 39.0 Å². The summed E-state index contributed by atoms with van der Waals surface area (Å²) in [5, 5.41) is 13.4. The molecule has 0 aliphatic heterocycles. The van der Waals surface area contributed by atoms with E-state index in [9.17, 15) is 8.42 Å². The van der Waals surface area contributed by atoms with Gasteiger partial charge in [0.05, 0.1) is 0 Å². The van der Waals surface area contributed by atoms with Crippen molar-refractivity contribution in [3.05, 3.63) is 36.5 Å². The highest BCUT2D eigenvalue weighted by Gasteiger charge is 2.28. The molecule has 120 valence electrons. The molecular formula is C15H21N3O3S. The lowest BCUT2D eigenvalue weighted by atomic mass is 10.2. The van der Waals surface area contributed by atoms with E-state index in [0.717, 1.165) is 5.56 Å². The Bertz CT molecular complexity index is 726. The van der Waals surface area contributed by atoms with Crippen LogP contribution in [0.15, 0.2) is 41.4 Å². The maximum absolute atomic E-state index is 12.8. The second-order valence-electron chi connectivity index (χ2n) is 5.45. The van der Waals surface area contributed by atoms with Crippen LogP contribution in [-0.2, 0) is 17.1 Å². The van der Waals surface area contributed by atoms with Gasteiger partial charge >= 0.3 is 0 Å². The Hall–Kier alpha value is -1.70. The van der Waals surface area contributed by atoms with E-state index >= 15 is 0 Å². The number of benzene rings is 1. The predicted octanol–water partition coefficient (Wildman–Crippen LogP) is 1.34. The maximum Gasteiger partial charge on any atom is 0.246 e. The highest BCUT2D eigenvalue weighted by Crippen LogP contribution is 2.27. The van der Waals surface area contributed by atoms with E-state index in [1.807, 2.05) is 30.3 Å². The number of nitrogens with zero attached hydrogens (tertiary/aromatic N) is 3. The standard InChI is InChI=1S/C15H21N3O3S/c1-12(11-19)9-18(3)22(20,21)14-10-17(2)16-15(14)13-7-5-4-6-8-13/h4-8,10,12,19H,9,11H2,1-3H3. The smallest absolute Gasteiger partial charge is 0.246 e. The molecule has 1 aromatic heterocycles. The first-order valence-electron chi connectivity index (χ1n) is 7.02. The van der Waals surface area contributed by atoms with Gasteiger partial charge in [0.1, 0.15) is 10.6 Å². The zero-order valence-electron chi connectivity index (χ0n) is 13.0. The molecule has 22 heavy (non-hydrogen) atoms. The summed E-state index contributed by atoms with van der Waals surface area (Å²) >= 11 is 0. The topological polar surface area (TPSA) is 75.4 Å². The maximum atomic E-state index is 12.8. The van der Waals surface area contributed by atoms with Crippen LogP contribution in [0.5, 0.6) is 0 Å². The summed E-state index contributed by atoms with van der Waals surface area (Å²) in [6, 6.07) is 9.22. The quantitative estimate of drug-likeness (QED) is 0.870. The van der Waals surface area contributed by atoms with E-state index in [-0.39, 0.29) is 24.0 Å². The van der Waals surface area contributed by atoms with E-state index in [4.69, 9.17) is 5.11 Å². The average Bonchev–Trinajstić information content (AvgIpc) is 2.90. The van der Waals surface area contributed by atoms with Gasteiger partial charge in [0.25, 0.3) is 0 Å². The van der Waals surface area contributed by atoms with Crippen LogP contribution in [0.4, 0.5) is 0 Å². The Labute approximate surface area is 131 Å². The van der Waals surface area contributed by atoms with Crippen molar-refractivity contribution in [2.75, 3.05) is 20.2 Å². The SMILES string of the molecule is CC(CO)CN(C)S(=O)(=O)c1cn(C)nc1-c1ccccc1. The van der Waals surface area contributed by atoms with Crippen molar-refractivity contribution in [1.29, 1.82) is 0 Å². The summed E-state index contributed by atoms with van der Waals surface area (Å²) in [4.78, 5) is 0.175. The number of sulfonamides is 1. The number of aliphatic hydroxyl groups is 1. The summed E-state index contributed by atoms with van der Waals surface area (Å²) in [6.45, 7) is 1.99. The van der Waals surface area contributed by atoms with Crippen LogP contribution in [0.2, 0.25) is 0 Å². The van der Waals surface area contributed by atoms with E-state index in [2.05, 4.69) is 5.10 Å². The van der Waals surface area contributed by atoms with E-state index in [1.54, 1.807) is 14.0 Å².